The van der Waals surface area contributed by atoms with Crippen LogP contribution in [0.2, 0.25) is 5.02 Å². The molecule has 3 aromatic rings. The van der Waals surface area contributed by atoms with Gasteiger partial charge >= 0.3 is 6.09 Å². The number of nitrogens with zero attached hydrogens (tertiary/aromatic N) is 6. The molecular weight excluding hydrogens is 595 g/mol. The molecule has 2 aromatic heterocycles. The average Bonchev–Trinajstić information content (AvgIpc) is 3.41. The number of hydrogen-bond donors (Lipinski definition) is 1. The van der Waals surface area contributed by atoms with Gasteiger partial charge in [0.25, 0.3) is 0 Å². The lowest BCUT2D eigenvalue weighted by Gasteiger charge is -2.42. The lowest BCUT2D eigenvalue weighted by atomic mass is 10.1. The molecule has 13 heteroatoms. The van der Waals surface area contributed by atoms with Gasteiger partial charge in [0.2, 0.25) is 6.41 Å². The van der Waals surface area contributed by atoms with Crippen molar-refractivity contribution in [2.45, 2.75) is 59.1 Å². The predicted molar refractivity (Wildman–Crippen MR) is 167 cm³/mol. The van der Waals surface area contributed by atoms with Crippen molar-refractivity contribution >= 4 is 52.1 Å². The fraction of sp³-hybridized carbons (Fsp3) is 0.433. The van der Waals surface area contributed by atoms with Crippen LogP contribution in [-0.2, 0) is 9.53 Å². The number of piperazine rings is 1. The Hall–Kier alpha value is -3.77. The SMILES string of the molecule is CN=C(c1cc(Cl)c(-c2c(O)cccc2F)nc1N(C=O)c1scnc1C(C)C)N1CCN(C(=O)OC(C)(C)C)CC1C. The molecule has 1 fully saturated rings. The number of aromatic hydroxyl groups is 1. The summed E-state index contributed by atoms with van der Waals surface area (Å²) < 4.78 is 20.6. The van der Waals surface area contributed by atoms with Gasteiger partial charge in [0.1, 0.15) is 28.0 Å². The second-order valence-corrected chi connectivity index (χ2v) is 12.8. The molecular formula is C30H36ClFN6O4S. The summed E-state index contributed by atoms with van der Waals surface area (Å²) in [5, 5.41) is 11.2. The summed E-state index contributed by atoms with van der Waals surface area (Å²) in [4.78, 5) is 44.3. The van der Waals surface area contributed by atoms with E-state index >= 15 is 4.39 Å². The smallest absolute Gasteiger partial charge is 0.410 e. The van der Waals surface area contributed by atoms with Crippen molar-refractivity contribution in [2.24, 2.45) is 4.99 Å². The summed E-state index contributed by atoms with van der Waals surface area (Å²) in [5.41, 5.74) is 1.91. The average molecular weight is 631 g/mol. The number of aromatic nitrogens is 2. The molecule has 3 heterocycles. The fourth-order valence-electron chi connectivity index (χ4n) is 4.94. The molecule has 0 bridgehead atoms. The Bertz CT molecular complexity index is 1520. The van der Waals surface area contributed by atoms with Crippen molar-refractivity contribution in [3.8, 4) is 17.0 Å². The van der Waals surface area contributed by atoms with Crippen molar-refractivity contribution in [3.05, 3.63) is 51.9 Å². The van der Waals surface area contributed by atoms with Crippen LogP contribution in [0, 0.1) is 5.82 Å². The van der Waals surface area contributed by atoms with Crippen molar-refractivity contribution in [3.63, 3.8) is 0 Å². The number of amides is 2. The number of halogens is 2. The maximum absolute atomic E-state index is 15.0. The van der Waals surface area contributed by atoms with E-state index < -0.39 is 17.5 Å². The van der Waals surface area contributed by atoms with E-state index in [1.165, 1.54) is 34.4 Å². The van der Waals surface area contributed by atoms with Crippen LogP contribution in [0.15, 0.2) is 34.8 Å². The first-order valence-electron chi connectivity index (χ1n) is 13.8. The maximum Gasteiger partial charge on any atom is 0.410 e. The molecule has 0 radical (unpaired) electrons. The zero-order valence-electron chi connectivity index (χ0n) is 25.3. The van der Waals surface area contributed by atoms with E-state index in [9.17, 15) is 14.7 Å². The molecule has 1 N–H and O–H groups in total. The Balaban J connectivity index is 1.85. The van der Waals surface area contributed by atoms with Crippen LogP contribution in [0.4, 0.5) is 20.0 Å². The van der Waals surface area contributed by atoms with Gasteiger partial charge in [-0.3, -0.25) is 14.7 Å². The monoisotopic (exact) mass is 630 g/mol. The first-order chi connectivity index (χ1) is 20.3. The highest BCUT2D eigenvalue weighted by Crippen LogP contribution is 2.41. The van der Waals surface area contributed by atoms with E-state index in [1.54, 1.807) is 23.5 Å². The summed E-state index contributed by atoms with van der Waals surface area (Å²) >= 11 is 8.00. The number of ether oxygens (including phenoxy) is 1. The van der Waals surface area contributed by atoms with E-state index in [0.717, 1.165) is 0 Å². The number of anilines is 2. The van der Waals surface area contributed by atoms with Crippen LogP contribution in [-0.4, -0.2) is 81.5 Å². The Labute approximate surface area is 259 Å². The summed E-state index contributed by atoms with van der Waals surface area (Å²) in [7, 11) is 1.62. The molecule has 1 saturated heterocycles. The highest BCUT2D eigenvalue weighted by Gasteiger charge is 2.34. The lowest BCUT2D eigenvalue weighted by molar-refractivity contribution is -0.106. The molecule has 4 rings (SSSR count). The first-order valence-corrected chi connectivity index (χ1v) is 15.1. The number of pyridine rings is 1. The number of phenolic OH excluding ortho intramolecular Hbond substituents is 1. The van der Waals surface area contributed by atoms with Crippen LogP contribution < -0.4 is 4.90 Å². The minimum Gasteiger partial charge on any atom is -0.507 e. The van der Waals surface area contributed by atoms with Crippen LogP contribution in [0.5, 0.6) is 5.75 Å². The molecule has 1 aliphatic rings. The maximum atomic E-state index is 15.0. The minimum atomic E-state index is -0.720. The van der Waals surface area contributed by atoms with Gasteiger partial charge in [-0.1, -0.05) is 31.5 Å². The third-order valence-corrected chi connectivity index (χ3v) is 7.99. The number of carbonyl (C=O) groups is 2. The molecule has 0 spiro atoms. The second kappa shape index (κ2) is 12.8. The highest BCUT2D eigenvalue weighted by molar-refractivity contribution is 7.14. The van der Waals surface area contributed by atoms with Gasteiger partial charge < -0.3 is 19.6 Å². The van der Waals surface area contributed by atoms with Crippen LogP contribution in [0.25, 0.3) is 11.3 Å². The Kier molecular flexibility index (Phi) is 9.60. The van der Waals surface area contributed by atoms with Crippen molar-refractivity contribution < 1.29 is 23.8 Å². The number of aliphatic imine (C=N–C) groups is 1. The summed E-state index contributed by atoms with van der Waals surface area (Å²) in [6, 6.07) is 5.30. The standard InChI is InChI=1S/C30H36ClFN6O4S/c1-17(2)24-28(43-15-34-24)38(16-39)27-19(13-20(31)25(35-27)23-21(32)9-8-10-22(23)40)26(33-7)37-12-11-36(14-18(37)3)29(41)42-30(4,5)6/h8-10,13,15-18,40H,11-12,14H2,1-7H3. The fourth-order valence-corrected chi connectivity index (χ4v) is 6.10. The van der Waals surface area contributed by atoms with Crippen molar-refractivity contribution in [2.75, 3.05) is 31.6 Å². The van der Waals surface area contributed by atoms with E-state index in [2.05, 4.69) is 9.98 Å². The Morgan fingerprint density at radius 3 is 2.63 bits per heavy atom. The highest BCUT2D eigenvalue weighted by atomic mass is 35.5. The van der Waals surface area contributed by atoms with Crippen LogP contribution in [0.1, 0.15) is 58.7 Å². The van der Waals surface area contributed by atoms with Gasteiger partial charge in [0.05, 0.1) is 33.0 Å². The number of carbonyl (C=O) groups excluding carboxylic acids is 2. The van der Waals surface area contributed by atoms with E-state index in [0.29, 0.717) is 48.1 Å². The summed E-state index contributed by atoms with van der Waals surface area (Å²) in [5.74, 6) is -0.446. The van der Waals surface area contributed by atoms with E-state index in [1.807, 2.05) is 46.4 Å². The number of thiazole rings is 1. The molecule has 1 aromatic carbocycles. The van der Waals surface area contributed by atoms with Crippen LogP contribution in [0.3, 0.4) is 0 Å². The van der Waals surface area contributed by atoms with Crippen molar-refractivity contribution in [1.29, 1.82) is 0 Å². The quantitative estimate of drug-likeness (QED) is 0.190. The molecule has 43 heavy (non-hydrogen) atoms. The third kappa shape index (κ3) is 6.75. The molecule has 1 atom stereocenters. The summed E-state index contributed by atoms with van der Waals surface area (Å²) in [6.45, 7) is 12.5. The van der Waals surface area contributed by atoms with Gasteiger partial charge in [0, 0.05) is 32.7 Å². The Morgan fingerprint density at radius 2 is 2.05 bits per heavy atom. The molecule has 230 valence electrons. The number of hydrogen-bond acceptors (Lipinski definition) is 8. The number of phenols is 1. The van der Waals surface area contributed by atoms with Gasteiger partial charge in [0.15, 0.2) is 5.82 Å². The van der Waals surface area contributed by atoms with Gasteiger partial charge in [-0.25, -0.2) is 19.2 Å². The molecule has 0 aliphatic carbocycles. The topological polar surface area (TPSA) is 111 Å². The third-order valence-electron chi connectivity index (χ3n) is 6.86. The normalized spacial score (nSPS) is 16.0. The number of amidine groups is 1. The molecule has 1 aliphatic heterocycles. The molecule has 2 amide bonds. The molecule has 0 saturated carbocycles. The van der Waals surface area contributed by atoms with E-state index in [4.69, 9.17) is 21.3 Å². The minimum absolute atomic E-state index is 0.00482. The predicted octanol–water partition coefficient (Wildman–Crippen LogP) is 6.44. The molecule has 1 unspecified atom stereocenters. The first kappa shape index (κ1) is 32.2. The second-order valence-electron chi connectivity index (χ2n) is 11.5. The molecule has 10 nitrogen and oxygen atoms in total. The summed E-state index contributed by atoms with van der Waals surface area (Å²) in [6.07, 6.45) is 0.230. The van der Waals surface area contributed by atoms with Crippen LogP contribution >= 0.6 is 22.9 Å². The zero-order valence-corrected chi connectivity index (χ0v) is 26.8. The number of benzene rings is 1. The van der Waals surface area contributed by atoms with Gasteiger partial charge in [-0.05, 0) is 51.8 Å². The van der Waals surface area contributed by atoms with Gasteiger partial charge in [-0.2, -0.15) is 0 Å². The lowest BCUT2D eigenvalue weighted by Crippen LogP contribution is -2.56. The largest absolute Gasteiger partial charge is 0.507 e. The van der Waals surface area contributed by atoms with Crippen molar-refractivity contribution in [1.82, 2.24) is 19.8 Å². The number of rotatable bonds is 6. The van der Waals surface area contributed by atoms with E-state index in [-0.39, 0.29) is 39.8 Å². The zero-order chi connectivity index (χ0) is 31.6. The van der Waals surface area contributed by atoms with Gasteiger partial charge in [-0.15, -0.1) is 11.3 Å². The Morgan fingerprint density at radius 1 is 1.33 bits per heavy atom.